The fraction of sp³-hybridized carbons (Fsp3) is 0.333. The highest BCUT2D eigenvalue weighted by Crippen LogP contribution is 2.79. The molecule has 0 spiro atoms. The second-order valence-electron chi connectivity index (χ2n) is 7.44. The predicted octanol–water partition coefficient (Wildman–Crippen LogP) is 9.63. The van der Waals surface area contributed by atoms with Crippen molar-refractivity contribution < 1.29 is 17.6 Å². The minimum absolute atomic E-state index is 0.0723. The molecule has 3 rings (SSSR count). The van der Waals surface area contributed by atoms with Crippen LogP contribution in [0.2, 0.25) is 0 Å². The molecule has 1 aliphatic rings. The van der Waals surface area contributed by atoms with Gasteiger partial charge in [0, 0.05) is 17.9 Å². The van der Waals surface area contributed by atoms with Gasteiger partial charge in [0.25, 0.3) is 0 Å². The lowest BCUT2D eigenvalue weighted by molar-refractivity contribution is 0.572. The Morgan fingerprint density at radius 3 is 1.74 bits per heavy atom. The first-order chi connectivity index (χ1) is 15.1. The molecule has 0 bridgehead atoms. The topological polar surface area (TPSA) is 3.24 Å². The molecular formula is C24H27F4NP2. The fourth-order valence-corrected chi connectivity index (χ4v) is 10.6. The Bertz CT molecular complexity index is 810. The van der Waals surface area contributed by atoms with E-state index >= 15 is 0 Å². The third-order valence-electron chi connectivity index (χ3n) is 5.51. The number of rotatable bonds is 9. The maximum Gasteiger partial charge on any atom is 0.172 e. The smallest absolute Gasteiger partial charge is 0.172 e. The predicted molar refractivity (Wildman–Crippen MR) is 124 cm³/mol. The molecule has 166 valence electrons. The molecule has 1 heterocycles. The Labute approximate surface area is 184 Å². The average Bonchev–Trinajstić information content (AvgIpc) is 3.27. The van der Waals surface area contributed by atoms with Crippen LogP contribution in [0, 0.1) is 0 Å². The molecule has 0 amide bonds. The van der Waals surface area contributed by atoms with Gasteiger partial charge in [-0.05, 0) is 38.5 Å². The number of halogens is 4. The molecule has 31 heavy (non-hydrogen) atoms. The standard InChI is InChI=1S/C24H27F4NP2/c1-2-3-16-29(31(23(27)17-25)24(28)18-26)30-21(19-10-6-4-7-11-19)14-15-22(30)20-12-8-5-9-13-20/h4-13,17-18,21-22H,2-3,14-16H2,1H3/b23-17-,24-18+. The van der Waals surface area contributed by atoms with Crippen LogP contribution in [0.5, 0.6) is 0 Å². The van der Waals surface area contributed by atoms with Crippen LogP contribution in [0.25, 0.3) is 0 Å². The number of nitrogens with zero attached hydrogens (tertiary/aromatic N) is 1. The summed E-state index contributed by atoms with van der Waals surface area (Å²) < 4.78 is 57.7. The van der Waals surface area contributed by atoms with E-state index in [4.69, 9.17) is 0 Å². The zero-order chi connectivity index (χ0) is 22.2. The Morgan fingerprint density at radius 2 is 1.35 bits per heavy atom. The molecular weight excluding hydrogens is 440 g/mol. The molecule has 1 saturated heterocycles. The average molecular weight is 467 g/mol. The summed E-state index contributed by atoms with van der Waals surface area (Å²) in [6.07, 6.45) is 2.81. The monoisotopic (exact) mass is 467 g/mol. The largest absolute Gasteiger partial charge is 0.248 e. The van der Waals surface area contributed by atoms with Gasteiger partial charge in [-0.2, -0.15) is 0 Å². The Balaban J connectivity index is 2.12. The minimum Gasteiger partial charge on any atom is -0.248 e. The van der Waals surface area contributed by atoms with Crippen LogP contribution in [-0.4, -0.2) is 11.0 Å². The highest BCUT2D eigenvalue weighted by Gasteiger charge is 2.45. The summed E-state index contributed by atoms with van der Waals surface area (Å²) in [5.41, 5.74) is -0.0993. The second kappa shape index (κ2) is 11.9. The SMILES string of the molecule is CCCCN(P(/C(F)=C\F)/C(F)=C/F)P1C(c2ccccc2)CCC1c1ccccc1. The highest BCUT2D eigenvalue weighted by molar-refractivity contribution is 7.75. The van der Waals surface area contributed by atoms with E-state index in [2.05, 4.69) is 0 Å². The van der Waals surface area contributed by atoms with Crippen molar-refractivity contribution in [2.24, 2.45) is 0 Å². The highest BCUT2D eigenvalue weighted by atomic mass is 31.2. The van der Waals surface area contributed by atoms with E-state index in [1.54, 1.807) is 4.44 Å². The summed E-state index contributed by atoms with van der Waals surface area (Å²) in [6, 6.07) is 19.9. The first-order valence-electron chi connectivity index (χ1n) is 10.5. The third-order valence-corrected chi connectivity index (χ3v) is 11.5. The Hall–Kier alpha value is -1.54. The summed E-state index contributed by atoms with van der Waals surface area (Å²) in [5, 5.41) is 0. The van der Waals surface area contributed by atoms with Crippen molar-refractivity contribution in [3.8, 4) is 0 Å². The molecule has 1 nitrogen and oxygen atoms in total. The van der Waals surface area contributed by atoms with E-state index in [-0.39, 0.29) is 24.0 Å². The van der Waals surface area contributed by atoms with Gasteiger partial charge >= 0.3 is 0 Å². The summed E-state index contributed by atoms with van der Waals surface area (Å²) >= 11 is 0. The van der Waals surface area contributed by atoms with Gasteiger partial charge in [0.05, 0.1) is 8.07 Å². The minimum atomic E-state index is -2.50. The van der Waals surface area contributed by atoms with E-state index in [0.29, 0.717) is 13.0 Å². The number of unbranched alkanes of at least 4 members (excludes halogenated alkanes) is 1. The molecule has 0 radical (unpaired) electrons. The summed E-state index contributed by atoms with van der Waals surface area (Å²) in [5.74, 6) is 0. The van der Waals surface area contributed by atoms with Crippen LogP contribution in [0.4, 0.5) is 17.6 Å². The Morgan fingerprint density at radius 1 is 0.903 bits per heavy atom. The molecule has 2 aromatic rings. The van der Waals surface area contributed by atoms with Gasteiger partial charge in [-0.3, -0.25) is 0 Å². The lowest BCUT2D eigenvalue weighted by Crippen LogP contribution is -2.18. The number of hydrogen-bond donors (Lipinski definition) is 0. The van der Waals surface area contributed by atoms with Gasteiger partial charge in [0.15, 0.2) is 11.1 Å². The van der Waals surface area contributed by atoms with E-state index in [1.807, 2.05) is 67.6 Å². The maximum atomic E-state index is 14.7. The van der Waals surface area contributed by atoms with Gasteiger partial charge in [0.2, 0.25) is 0 Å². The first kappa shape index (κ1) is 24.1. The molecule has 1 fully saturated rings. The zero-order valence-corrected chi connectivity index (χ0v) is 19.3. The molecule has 7 heteroatoms. The second-order valence-corrected chi connectivity index (χ2v) is 12.2. The van der Waals surface area contributed by atoms with Crippen molar-refractivity contribution >= 4 is 16.1 Å². The molecule has 0 N–H and O–H groups in total. The van der Waals surface area contributed by atoms with E-state index in [1.165, 1.54) is 0 Å². The van der Waals surface area contributed by atoms with Crippen molar-refractivity contribution in [2.45, 2.75) is 43.9 Å². The first-order valence-corrected chi connectivity index (χ1v) is 13.2. The summed E-state index contributed by atoms with van der Waals surface area (Å²) in [7, 11) is -3.65. The van der Waals surface area contributed by atoms with Gasteiger partial charge in [-0.1, -0.05) is 74.0 Å². The van der Waals surface area contributed by atoms with Crippen LogP contribution >= 0.6 is 16.1 Å². The van der Waals surface area contributed by atoms with Gasteiger partial charge < -0.3 is 0 Å². The molecule has 3 unspecified atom stereocenters. The van der Waals surface area contributed by atoms with Crippen LogP contribution in [-0.2, 0) is 0 Å². The van der Waals surface area contributed by atoms with Crippen molar-refractivity contribution in [3.63, 3.8) is 0 Å². The van der Waals surface area contributed by atoms with E-state index < -0.39 is 27.3 Å². The van der Waals surface area contributed by atoms with Crippen LogP contribution in [0.15, 0.2) is 84.5 Å². The van der Waals surface area contributed by atoms with Crippen molar-refractivity contribution in [2.75, 3.05) is 6.54 Å². The molecule has 0 aliphatic carbocycles. The zero-order valence-electron chi connectivity index (χ0n) is 17.5. The van der Waals surface area contributed by atoms with Gasteiger partial charge in [-0.25, -0.2) is 22.0 Å². The third kappa shape index (κ3) is 5.64. The lowest BCUT2D eigenvalue weighted by Gasteiger charge is -2.40. The molecule has 0 saturated carbocycles. The molecule has 2 aromatic carbocycles. The van der Waals surface area contributed by atoms with Crippen LogP contribution < -0.4 is 0 Å². The quantitative estimate of drug-likeness (QED) is 0.262. The van der Waals surface area contributed by atoms with Crippen molar-refractivity contribution in [1.82, 2.24) is 4.44 Å². The lowest BCUT2D eigenvalue weighted by atomic mass is 10.0. The maximum absolute atomic E-state index is 14.7. The summed E-state index contributed by atoms with van der Waals surface area (Å²) in [6.45, 7) is 2.39. The summed E-state index contributed by atoms with van der Waals surface area (Å²) in [4.78, 5) is 0. The number of hydrogen-bond acceptors (Lipinski definition) is 1. The molecule has 1 aliphatic heterocycles. The van der Waals surface area contributed by atoms with Gasteiger partial charge in [0.1, 0.15) is 12.7 Å². The van der Waals surface area contributed by atoms with Crippen molar-refractivity contribution in [1.29, 1.82) is 0 Å². The normalized spacial score (nSPS) is 23.4. The van der Waals surface area contributed by atoms with E-state index in [9.17, 15) is 17.6 Å². The van der Waals surface area contributed by atoms with Crippen LogP contribution in [0.3, 0.4) is 0 Å². The Kier molecular flexibility index (Phi) is 9.26. The van der Waals surface area contributed by atoms with Crippen molar-refractivity contribution in [3.05, 3.63) is 95.6 Å². The molecule has 3 atom stereocenters. The van der Waals surface area contributed by atoms with E-state index in [0.717, 1.165) is 30.4 Å². The fourth-order valence-electron chi connectivity index (χ4n) is 4.14. The molecule has 0 aromatic heterocycles. The van der Waals surface area contributed by atoms with Crippen LogP contribution in [0.1, 0.15) is 55.1 Å². The number of benzene rings is 2. The van der Waals surface area contributed by atoms with Gasteiger partial charge in [-0.15, -0.1) is 0 Å².